The predicted octanol–water partition coefficient (Wildman–Crippen LogP) is 5.50. The van der Waals surface area contributed by atoms with E-state index in [-0.39, 0.29) is 5.91 Å². The lowest BCUT2D eigenvalue weighted by Gasteiger charge is -2.09. The van der Waals surface area contributed by atoms with E-state index < -0.39 is 0 Å². The first-order valence-corrected chi connectivity index (χ1v) is 10.4. The van der Waals surface area contributed by atoms with E-state index in [9.17, 15) is 4.79 Å². The molecule has 0 aliphatic rings. The number of carbonyl (C=O) groups is 1. The molecule has 1 amide bonds. The molecule has 2 aromatic carbocycles. The van der Waals surface area contributed by atoms with E-state index in [1.807, 2.05) is 48.9 Å². The Kier molecular flexibility index (Phi) is 6.02. The number of halogens is 2. The molecule has 0 unspecified atom stereocenters. The van der Waals surface area contributed by atoms with Gasteiger partial charge in [0.25, 0.3) is 5.91 Å². The van der Waals surface area contributed by atoms with Crippen LogP contribution in [0.4, 0.5) is 0 Å². The molecule has 31 heavy (non-hydrogen) atoms. The minimum Gasteiger partial charge on any atom is -0.269 e. The molecule has 8 heteroatoms. The maximum absolute atomic E-state index is 13.0. The zero-order valence-corrected chi connectivity index (χ0v) is 18.4. The van der Waals surface area contributed by atoms with Crippen molar-refractivity contribution >= 4 is 46.2 Å². The second-order valence-corrected chi connectivity index (χ2v) is 7.72. The number of aromatic nitrogens is 3. The first-order chi connectivity index (χ1) is 15.0. The van der Waals surface area contributed by atoms with Crippen LogP contribution < -0.4 is 5.43 Å². The summed E-state index contributed by atoms with van der Waals surface area (Å²) in [5, 5.41) is 10.0. The van der Waals surface area contributed by atoms with Gasteiger partial charge in [-0.1, -0.05) is 47.5 Å². The summed E-state index contributed by atoms with van der Waals surface area (Å²) in [6, 6.07) is 14.4. The first kappa shape index (κ1) is 21.0. The number of hydrogen-bond acceptors (Lipinski definition) is 4. The van der Waals surface area contributed by atoms with E-state index in [4.69, 9.17) is 23.2 Å². The molecular formula is C23H19Cl2N5O. The van der Waals surface area contributed by atoms with E-state index in [1.54, 1.807) is 30.6 Å². The lowest BCUT2D eigenvalue weighted by molar-refractivity contribution is 0.0956. The number of rotatable bonds is 5. The van der Waals surface area contributed by atoms with Crippen molar-refractivity contribution in [3.05, 3.63) is 81.6 Å². The number of benzene rings is 2. The fourth-order valence-corrected chi connectivity index (χ4v) is 3.59. The van der Waals surface area contributed by atoms with Gasteiger partial charge in [-0.05, 0) is 38.1 Å². The number of aryl methyl sites for hydroxylation is 1. The molecule has 0 saturated carbocycles. The van der Waals surface area contributed by atoms with Gasteiger partial charge in [0.1, 0.15) is 0 Å². The Balaban J connectivity index is 1.68. The molecule has 4 rings (SSSR count). The largest absolute Gasteiger partial charge is 0.272 e. The summed E-state index contributed by atoms with van der Waals surface area (Å²) >= 11 is 12.2. The number of carbonyl (C=O) groups excluding carboxylic acids is 1. The number of nitrogens with one attached hydrogen (secondary N) is 1. The van der Waals surface area contributed by atoms with Crippen LogP contribution in [0, 0.1) is 6.92 Å². The Bertz CT molecular complexity index is 1310. The molecule has 0 saturated heterocycles. The number of para-hydroxylation sites is 1. The molecule has 0 radical (unpaired) electrons. The van der Waals surface area contributed by atoms with Crippen molar-refractivity contribution in [2.75, 3.05) is 0 Å². The van der Waals surface area contributed by atoms with Crippen molar-refractivity contribution in [1.82, 2.24) is 20.2 Å². The van der Waals surface area contributed by atoms with Gasteiger partial charge in [0.2, 0.25) is 0 Å². The van der Waals surface area contributed by atoms with Crippen molar-refractivity contribution in [2.45, 2.75) is 20.4 Å². The Morgan fingerprint density at radius 1 is 1.16 bits per heavy atom. The molecule has 1 N–H and O–H groups in total. The molecule has 0 atom stereocenters. The second kappa shape index (κ2) is 8.88. The highest BCUT2D eigenvalue weighted by Crippen LogP contribution is 2.30. The quantitative estimate of drug-likeness (QED) is 0.321. The first-order valence-electron chi connectivity index (χ1n) is 9.69. The molecule has 0 aliphatic carbocycles. The maximum Gasteiger partial charge on any atom is 0.272 e. The summed E-state index contributed by atoms with van der Waals surface area (Å²) in [5.41, 5.74) is 6.98. The minimum atomic E-state index is -0.336. The molecule has 2 aromatic heterocycles. The van der Waals surface area contributed by atoms with Gasteiger partial charge in [-0.15, -0.1) is 0 Å². The Morgan fingerprint density at radius 2 is 1.97 bits per heavy atom. The highest BCUT2D eigenvalue weighted by Gasteiger charge is 2.14. The number of nitrogens with zero attached hydrogens (tertiary/aromatic N) is 4. The van der Waals surface area contributed by atoms with E-state index in [2.05, 4.69) is 20.6 Å². The summed E-state index contributed by atoms with van der Waals surface area (Å²) in [4.78, 5) is 17.7. The lowest BCUT2D eigenvalue weighted by Crippen LogP contribution is -2.18. The third-order valence-corrected chi connectivity index (χ3v) is 5.73. The zero-order chi connectivity index (χ0) is 22.0. The molecule has 0 bridgehead atoms. The van der Waals surface area contributed by atoms with Crippen molar-refractivity contribution in [3.63, 3.8) is 0 Å². The van der Waals surface area contributed by atoms with Crippen LogP contribution in [-0.2, 0) is 6.54 Å². The van der Waals surface area contributed by atoms with Crippen LogP contribution in [0.15, 0.2) is 59.8 Å². The van der Waals surface area contributed by atoms with Gasteiger partial charge in [0, 0.05) is 28.8 Å². The monoisotopic (exact) mass is 451 g/mol. The maximum atomic E-state index is 13.0. The summed E-state index contributed by atoms with van der Waals surface area (Å²) < 4.78 is 1.86. The van der Waals surface area contributed by atoms with Crippen LogP contribution in [-0.4, -0.2) is 26.9 Å². The average molecular weight is 452 g/mol. The lowest BCUT2D eigenvalue weighted by atomic mass is 10.0. The molecular weight excluding hydrogens is 433 g/mol. The molecule has 156 valence electrons. The van der Waals surface area contributed by atoms with Crippen LogP contribution in [0.25, 0.3) is 22.2 Å². The Hall–Kier alpha value is -3.22. The van der Waals surface area contributed by atoms with E-state index in [0.29, 0.717) is 26.8 Å². The molecule has 2 heterocycles. The topological polar surface area (TPSA) is 72.2 Å². The van der Waals surface area contributed by atoms with E-state index in [1.165, 1.54) is 0 Å². The second-order valence-electron chi connectivity index (χ2n) is 6.90. The SMILES string of the molecule is CCn1ncc(/C=N/NC(=O)c2cc(-c3ccc(Cl)c(Cl)c3)nc3ccccc23)c1C. The predicted molar refractivity (Wildman–Crippen MR) is 125 cm³/mol. The van der Waals surface area contributed by atoms with Gasteiger partial charge in [-0.25, -0.2) is 10.4 Å². The van der Waals surface area contributed by atoms with E-state index in [0.717, 1.165) is 28.8 Å². The van der Waals surface area contributed by atoms with Crippen LogP contribution >= 0.6 is 23.2 Å². The molecule has 0 fully saturated rings. The van der Waals surface area contributed by atoms with E-state index >= 15 is 0 Å². The van der Waals surface area contributed by atoms with Gasteiger partial charge >= 0.3 is 0 Å². The number of hydrogen-bond donors (Lipinski definition) is 1. The van der Waals surface area contributed by atoms with Gasteiger partial charge in [-0.3, -0.25) is 9.48 Å². The number of hydrazone groups is 1. The average Bonchev–Trinajstić information content (AvgIpc) is 3.14. The zero-order valence-electron chi connectivity index (χ0n) is 16.9. The Labute approximate surface area is 189 Å². The highest BCUT2D eigenvalue weighted by molar-refractivity contribution is 6.42. The highest BCUT2D eigenvalue weighted by atomic mass is 35.5. The van der Waals surface area contributed by atoms with Gasteiger partial charge in [-0.2, -0.15) is 10.2 Å². The number of fused-ring (bicyclic) bond motifs is 1. The van der Waals surface area contributed by atoms with Crippen molar-refractivity contribution in [3.8, 4) is 11.3 Å². The van der Waals surface area contributed by atoms with Gasteiger partial charge in [0.05, 0.1) is 39.2 Å². The standard InChI is InChI=1S/C23H19Cl2N5O/c1-3-30-14(2)16(13-27-30)12-26-29-23(31)18-11-22(15-8-9-19(24)20(25)10-15)28-21-7-5-4-6-17(18)21/h4-13H,3H2,1-2H3,(H,29,31)/b26-12+. The molecule has 0 aliphatic heterocycles. The minimum absolute atomic E-state index is 0.336. The molecule has 6 nitrogen and oxygen atoms in total. The molecule has 4 aromatic rings. The van der Waals surface area contributed by atoms with Crippen LogP contribution in [0.2, 0.25) is 10.0 Å². The summed E-state index contributed by atoms with van der Waals surface area (Å²) in [6.07, 6.45) is 3.31. The Morgan fingerprint density at radius 3 is 2.71 bits per heavy atom. The third-order valence-electron chi connectivity index (χ3n) is 4.99. The summed E-state index contributed by atoms with van der Waals surface area (Å²) in [5.74, 6) is -0.336. The summed E-state index contributed by atoms with van der Waals surface area (Å²) in [6.45, 7) is 4.74. The normalized spacial score (nSPS) is 11.4. The van der Waals surface area contributed by atoms with Crippen LogP contribution in [0.3, 0.4) is 0 Å². The summed E-state index contributed by atoms with van der Waals surface area (Å²) in [7, 11) is 0. The third kappa shape index (κ3) is 4.31. The smallest absolute Gasteiger partial charge is 0.269 e. The van der Waals surface area contributed by atoms with Gasteiger partial charge < -0.3 is 0 Å². The molecule has 0 spiro atoms. The fourth-order valence-electron chi connectivity index (χ4n) is 3.29. The van der Waals surface area contributed by atoms with Crippen molar-refractivity contribution in [2.24, 2.45) is 5.10 Å². The van der Waals surface area contributed by atoms with Gasteiger partial charge in [0.15, 0.2) is 0 Å². The number of pyridine rings is 1. The van der Waals surface area contributed by atoms with Crippen molar-refractivity contribution in [1.29, 1.82) is 0 Å². The van der Waals surface area contributed by atoms with Crippen LogP contribution in [0.1, 0.15) is 28.5 Å². The van der Waals surface area contributed by atoms with Crippen LogP contribution in [0.5, 0.6) is 0 Å². The fraction of sp³-hybridized carbons (Fsp3) is 0.130. The van der Waals surface area contributed by atoms with Crippen molar-refractivity contribution < 1.29 is 4.79 Å². The number of amides is 1.